The first-order chi connectivity index (χ1) is 8.47. The van der Waals surface area contributed by atoms with Gasteiger partial charge in [0.05, 0.1) is 0 Å². The second kappa shape index (κ2) is 4.12. The van der Waals surface area contributed by atoms with E-state index in [2.05, 4.69) is 30.6 Å². The zero-order chi connectivity index (χ0) is 12.9. The average Bonchev–Trinajstić information content (AvgIpc) is 2.81. The molecule has 2 bridgehead atoms. The molecule has 4 aliphatic heterocycles. The van der Waals surface area contributed by atoms with Crippen LogP contribution in [0.25, 0.3) is 0 Å². The number of carbonyl (C=O) groups excluding carboxylic acids is 1. The number of fused-ring (bicyclic) bond motifs is 2. The number of nitrogens with zero attached hydrogens (tertiary/aromatic N) is 3. The maximum atomic E-state index is 12.4. The van der Waals surface area contributed by atoms with Gasteiger partial charge in [-0.15, -0.1) is 0 Å². The standard InChI is InChI=1S/C14H25N3O/c1-14(2,3)16-9-11-8-12(10-16)17(11)13(18)15-6-4-5-7-15/h11-12H,4-10H2,1-3H3. The fourth-order valence-corrected chi connectivity index (χ4v) is 3.54. The Morgan fingerprint density at radius 3 is 2.11 bits per heavy atom. The molecule has 0 aromatic heterocycles. The topological polar surface area (TPSA) is 26.8 Å². The first-order valence-corrected chi connectivity index (χ1v) is 7.29. The van der Waals surface area contributed by atoms with Gasteiger partial charge in [-0.05, 0) is 40.0 Å². The van der Waals surface area contributed by atoms with Crippen LogP contribution in [0.4, 0.5) is 4.79 Å². The third kappa shape index (κ3) is 1.91. The van der Waals surface area contributed by atoms with Gasteiger partial charge in [-0.2, -0.15) is 0 Å². The van der Waals surface area contributed by atoms with Crippen molar-refractivity contribution in [1.82, 2.24) is 14.7 Å². The van der Waals surface area contributed by atoms with Crippen molar-refractivity contribution in [3.63, 3.8) is 0 Å². The summed E-state index contributed by atoms with van der Waals surface area (Å²) in [4.78, 5) is 19.2. The Hall–Kier alpha value is -0.770. The number of urea groups is 1. The van der Waals surface area contributed by atoms with Crippen molar-refractivity contribution in [2.45, 2.75) is 57.7 Å². The third-order valence-electron chi connectivity index (χ3n) is 4.74. The summed E-state index contributed by atoms with van der Waals surface area (Å²) >= 11 is 0. The molecule has 0 aromatic carbocycles. The largest absolute Gasteiger partial charge is 0.325 e. The summed E-state index contributed by atoms with van der Waals surface area (Å²) in [6.07, 6.45) is 3.58. The van der Waals surface area contributed by atoms with Gasteiger partial charge in [0, 0.05) is 43.8 Å². The molecule has 0 N–H and O–H groups in total. The third-order valence-corrected chi connectivity index (χ3v) is 4.74. The Bertz CT molecular complexity index is 331. The molecule has 4 heterocycles. The smallest absolute Gasteiger partial charge is 0.320 e. The molecule has 0 spiro atoms. The minimum Gasteiger partial charge on any atom is -0.325 e. The van der Waals surface area contributed by atoms with Crippen molar-refractivity contribution in [3.05, 3.63) is 0 Å². The minimum atomic E-state index is 0.236. The first-order valence-electron chi connectivity index (χ1n) is 7.29. The molecule has 0 saturated carbocycles. The van der Waals surface area contributed by atoms with Gasteiger partial charge in [-0.1, -0.05) is 0 Å². The predicted octanol–water partition coefficient (Wildman–Crippen LogP) is 1.76. The summed E-state index contributed by atoms with van der Waals surface area (Å²) in [7, 11) is 0. The molecule has 4 rings (SSSR count). The van der Waals surface area contributed by atoms with E-state index in [4.69, 9.17) is 0 Å². The molecule has 2 amide bonds. The Balaban J connectivity index is 1.63. The van der Waals surface area contributed by atoms with E-state index in [-0.39, 0.29) is 5.54 Å². The van der Waals surface area contributed by atoms with Crippen LogP contribution in [-0.2, 0) is 0 Å². The van der Waals surface area contributed by atoms with E-state index < -0.39 is 0 Å². The SMILES string of the molecule is CC(C)(C)N1CC2CC(C1)N2C(=O)N1CCCC1. The van der Waals surface area contributed by atoms with Crippen LogP contribution in [0.3, 0.4) is 0 Å². The number of hydrogen-bond donors (Lipinski definition) is 0. The highest BCUT2D eigenvalue weighted by molar-refractivity contribution is 5.76. The van der Waals surface area contributed by atoms with Crippen molar-refractivity contribution in [2.24, 2.45) is 0 Å². The van der Waals surface area contributed by atoms with Crippen LogP contribution in [-0.4, -0.2) is 64.5 Å². The molecular formula is C14H25N3O. The van der Waals surface area contributed by atoms with Crippen molar-refractivity contribution < 1.29 is 4.79 Å². The number of piperidine rings is 1. The van der Waals surface area contributed by atoms with E-state index in [1.54, 1.807) is 0 Å². The molecule has 4 heteroatoms. The van der Waals surface area contributed by atoms with Crippen LogP contribution in [0, 0.1) is 0 Å². The van der Waals surface area contributed by atoms with Crippen LogP contribution in [0.15, 0.2) is 0 Å². The second-order valence-electron chi connectivity index (χ2n) is 7.00. The van der Waals surface area contributed by atoms with Crippen molar-refractivity contribution >= 4 is 6.03 Å². The van der Waals surface area contributed by atoms with Gasteiger partial charge in [0.15, 0.2) is 0 Å². The summed E-state index contributed by atoms with van der Waals surface area (Å²) in [5, 5.41) is 0. The van der Waals surface area contributed by atoms with Crippen molar-refractivity contribution in [1.29, 1.82) is 0 Å². The van der Waals surface area contributed by atoms with Crippen LogP contribution < -0.4 is 0 Å². The zero-order valence-corrected chi connectivity index (χ0v) is 11.9. The maximum absolute atomic E-state index is 12.4. The highest BCUT2D eigenvalue weighted by Gasteiger charge is 2.50. The summed E-state index contributed by atoms with van der Waals surface area (Å²) in [6.45, 7) is 10.9. The molecule has 4 saturated heterocycles. The fourth-order valence-electron chi connectivity index (χ4n) is 3.54. The molecule has 2 unspecified atom stereocenters. The monoisotopic (exact) mass is 251 g/mol. The molecule has 2 atom stereocenters. The average molecular weight is 251 g/mol. The summed E-state index contributed by atoms with van der Waals surface area (Å²) in [6, 6.07) is 1.24. The van der Waals surface area contributed by atoms with Gasteiger partial charge in [0.2, 0.25) is 0 Å². The van der Waals surface area contributed by atoms with E-state index in [0.717, 1.165) is 26.2 Å². The van der Waals surface area contributed by atoms with Gasteiger partial charge in [-0.25, -0.2) is 4.79 Å². The Morgan fingerprint density at radius 1 is 1.06 bits per heavy atom. The van der Waals surface area contributed by atoms with Crippen LogP contribution in [0.2, 0.25) is 0 Å². The van der Waals surface area contributed by atoms with E-state index in [0.29, 0.717) is 18.1 Å². The molecule has 0 radical (unpaired) electrons. The van der Waals surface area contributed by atoms with E-state index in [9.17, 15) is 4.79 Å². The highest BCUT2D eigenvalue weighted by Crippen LogP contribution is 2.36. The first kappa shape index (κ1) is 12.3. The normalized spacial score (nSPS) is 32.6. The fraction of sp³-hybridized carbons (Fsp3) is 0.929. The van der Waals surface area contributed by atoms with Gasteiger partial charge >= 0.3 is 6.03 Å². The summed E-state index contributed by atoms with van der Waals surface area (Å²) in [5.74, 6) is 0. The number of likely N-dealkylation sites (tertiary alicyclic amines) is 1. The quantitative estimate of drug-likeness (QED) is 0.656. The van der Waals surface area contributed by atoms with Gasteiger partial charge in [0.1, 0.15) is 0 Å². The molecular weight excluding hydrogens is 226 g/mol. The number of rotatable bonds is 0. The summed E-state index contributed by atoms with van der Waals surface area (Å²) < 4.78 is 0. The van der Waals surface area contributed by atoms with Crippen molar-refractivity contribution in [3.8, 4) is 0 Å². The number of hydrogen-bond acceptors (Lipinski definition) is 2. The van der Waals surface area contributed by atoms with Crippen LogP contribution in [0.5, 0.6) is 0 Å². The van der Waals surface area contributed by atoms with Gasteiger partial charge in [-0.3, -0.25) is 4.90 Å². The Labute approximate surface area is 110 Å². The molecule has 4 fully saturated rings. The lowest BCUT2D eigenvalue weighted by Crippen LogP contribution is -2.73. The number of carbonyl (C=O) groups is 1. The number of piperazine rings is 1. The summed E-state index contributed by atoms with van der Waals surface area (Å²) in [5.41, 5.74) is 0.236. The van der Waals surface area contributed by atoms with E-state index in [1.807, 2.05) is 4.90 Å². The van der Waals surface area contributed by atoms with Crippen LogP contribution >= 0.6 is 0 Å². The highest BCUT2D eigenvalue weighted by atomic mass is 16.2. The Morgan fingerprint density at radius 2 is 1.61 bits per heavy atom. The lowest BCUT2D eigenvalue weighted by Gasteiger charge is -2.59. The molecule has 102 valence electrons. The molecule has 0 aromatic rings. The minimum absolute atomic E-state index is 0.236. The zero-order valence-electron chi connectivity index (χ0n) is 11.9. The maximum Gasteiger partial charge on any atom is 0.320 e. The molecule has 0 aliphatic carbocycles. The second-order valence-corrected chi connectivity index (χ2v) is 7.00. The van der Waals surface area contributed by atoms with E-state index in [1.165, 1.54) is 19.3 Å². The molecule has 4 nitrogen and oxygen atoms in total. The van der Waals surface area contributed by atoms with Crippen LogP contribution in [0.1, 0.15) is 40.0 Å². The van der Waals surface area contributed by atoms with Gasteiger partial charge < -0.3 is 9.80 Å². The lowest BCUT2D eigenvalue weighted by atomic mass is 9.85. The Kier molecular flexibility index (Phi) is 2.81. The van der Waals surface area contributed by atoms with E-state index >= 15 is 0 Å². The van der Waals surface area contributed by atoms with Crippen molar-refractivity contribution in [2.75, 3.05) is 26.2 Å². The lowest BCUT2D eigenvalue weighted by molar-refractivity contribution is -0.0728. The van der Waals surface area contributed by atoms with Gasteiger partial charge in [0.25, 0.3) is 0 Å². The molecule has 18 heavy (non-hydrogen) atoms. The predicted molar refractivity (Wildman–Crippen MR) is 71.6 cm³/mol. The molecule has 4 aliphatic rings. The number of amides is 2.